The van der Waals surface area contributed by atoms with Crippen molar-refractivity contribution in [3.8, 4) is 22.8 Å². The van der Waals surface area contributed by atoms with Crippen molar-refractivity contribution in [3.05, 3.63) is 47.5 Å². The van der Waals surface area contributed by atoms with E-state index in [1.165, 1.54) is 7.11 Å². The van der Waals surface area contributed by atoms with Crippen LogP contribution < -0.4 is 9.47 Å². The van der Waals surface area contributed by atoms with Gasteiger partial charge in [-0.25, -0.2) is 4.79 Å². The molecule has 0 amide bonds. The second-order valence-corrected chi connectivity index (χ2v) is 5.65. The molecule has 0 atom stereocenters. The molecule has 1 aromatic heterocycles. The zero-order chi connectivity index (χ0) is 18.0. The fraction of sp³-hybridized carbons (Fsp3) is 0.250. The number of esters is 1. The van der Waals surface area contributed by atoms with Crippen molar-refractivity contribution in [3.63, 3.8) is 0 Å². The lowest BCUT2D eigenvalue weighted by atomic mass is 10.0. The number of rotatable bonds is 5. The minimum absolute atomic E-state index is 0.335. The van der Waals surface area contributed by atoms with E-state index in [1.807, 2.05) is 30.3 Å². The Morgan fingerprint density at radius 3 is 2.40 bits per heavy atom. The van der Waals surface area contributed by atoms with E-state index in [4.69, 9.17) is 14.2 Å². The lowest BCUT2D eigenvalue weighted by molar-refractivity contribution is 0.0601. The highest BCUT2D eigenvalue weighted by molar-refractivity contribution is 5.98. The molecule has 0 saturated carbocycles. The largest absolute Gasteiger partial charge is 0.493 e. The van der Waals surface area contributed by atoms with E-state index in [1.54, 1.807) is 20.3 Å². The second kappa shape index (κ2) is 6.89. The van der Waals surface area contributed by atoms with Crippen LogP contribution in [-0.2, 0) is 11.2 Å². The molecule has 25 heavy (non-hydrogen) atoms. The van der Waals surface area contributed by atoms with E-state index >= 15 is 0 Å². The molecular formula is C20H21NO4. The van der Waals surface area contributed by atoms with E-state index in [0.29, 0.717) is 17.1 Å². The molecule has 0 aliphatic heterocycles. The van der Waals surface area contributed by atoms with Gasteiger partial charge >= 0.3 is 5.97 Å². The van der Waals surface area contributed by atoms with Gasteiger partial charge in [-0.1, -0.05) is 6.92 Å². The maximum atomic E-state index is 11.8. The number of benzene rings is 2. The van der Waals surface area contributed by atoms with Crippen molar-refractivity contribution in [2.45, 2.75) is 13.3 Å². The van der Waals surface area contributed by atoms with Gasteiger partial charge in [0, 0.05) is 22.2 Å². The second-order valence-electron chi connectivity index (χ2n) is 5.65. The van der Waals surface area contributed by atoms with Crippen molar-refractivity contribution in [2.75, 3.05) is 21.3 Å². The van der Waals surface area contributed by atoms with Crippen molar-refractivity contribution in [1.82, 2.24) is 4.98 Å². The third kappa shape index (κ3) is 2.93. The summed E-state index contributed by atoms with van der Waals surface area (Å²) in [5, 5.41) is 1.02. The summed E-state index contributed by atoms with van der Waals surface area (Å²) in [7, 11) is 4.63. The number of carbonyl (C=O) groups excluding carboxylic acids is 1. The van der Waals surface area contributed by atoms with Crippen molar-refractivity contribution in [1.29, 1.82) is 0 Å². The molecule has 5 nitrogen and oxygen atoms in total. The van der Waals surface area contributed by atoms with Gasteiger partial charge in [0.2, 0.25) is 0 Å². The van der Waals surface area contributed by atoms with Crippen LogP contribution in [0.15, 0.2) is 36.4 Å². The molecule has 0 fully saturated rings. The Balaban J connectivity index is 2.18. The summed E-state index contributed by atoms with van der Waals surface area (Å²) in [6.07, 6.45) is 0.828. The molecular weight excluding hydrogens is 318 g/mol. The van der Waals surface area contributed by atoms with Crippen LogP contribution in [0, 0.1) is 0 Å². The van der Waals surface area contributed by atoms with Crippen LogP contribution >= 0.6 is 0 Å². The highest BCUT2D eigenvalue weighted by Gasteiger charge is 2.16. The van der Waals surface area contributed by atoms with E-state index in [2.05, 4.69) is 11.9 Å². The molecule has 0 saturated heterocycles. The lowest BCUT2D eigenvalue weighted by Gasteiger charge is -2.10. The fourth-order valence-corrected chi connectivity index (χ4v) is 3.10. The van der Waals surface area contributed by atoms with E-state index in [0.717, 1.165) is 34.1 Å². The molecule has 0 unspecified atom stereocenters. The van der Waals surface area contributed by atoms with Crippen molar-refractivity contribution < 1.29 is 19.0 Å². The van der Waals surface area contributed by atoms with Crippen molar-refractivity contribution >= 4 is 16.9 Å². The van der Waals surface area contributed by atoms with Crippen LogP contribution in [0.25, 0.3) is 22.2 Å². The predicted octanol–water partition coefficient (Wildman–Crippen LogP) is 4.20. The zero-order valence-corrected chi connectivity index (χ0v) is 14.8. The molecule has 5 heteroatoms. The Morgan fingerprint density at radius 2 is 1.76 bits per heavy atom. The van der Waals surface area contributed by atoms with Crippen molar-refractivity contribution in [2.24, 2.45) is 0 Å². The molecule has 3 rings (SSSR count). The Labute approximate surface area is 146 Å². The lowest BCUT2D eigenvalue weighted by Crippen LogP contribution is -2.00. The monoisotopic (exact) mass is 339 g/mol. The maximum Gasteiger partial charge on any atom is 0.337 e. The topological polar surface area (TPSA) is 60.5 Å². The third-order valence-corrected chi connectivity index (χ3v) is 4.35. The fourth-order valence-electron chi connectivity index (χ4n) is 3.10. The number of carbonyl (C=O) groups is 1. The highest BCUT2D eigenvalue weighted by atomic mass is 16.5. The summed E-state index contributed by atoms with van der Waals surface area (Å²) in [6, 6.07) is 11.4. The number of methoxy groups -OCH3 is 3. The molecule has 0 bridgehead atoms. The first-order valence-corrected chi connectivity index (χ1v) is 8.08. The van der Waals surface area contributed by atoms with Gasteiger partial charge in [-0.2, -0.15) is 0 Å². The zero-order valence-electron chi connectivity index (χ0n) is 14.8. The summed E-state index contributed by atoms with van der Waals surface area (Å²) in [6.45, 7) is 2.09. The molecule has 3 aromatic rings. The van der Waals surface area contributed by atoms with Gasteiger partial charge in [0.1, 0.15) is 0 Å². The van der Waals surface area contributed by atoms with Crippen LogP contribution in [0.3, 0.4) is 0 Å². The number of ether oxygens (including phenoxy) is 3. The molecule has 1 heterocycles. The first-order chi connectivity index (χ1) is 12.1. The van der Waals surface area contributed by atoms with Gasteiger partial charge in [0.25, 0.3) is 0 Å². The first-order valence-electron chi connectivity index (χ1n) is 8.08. The number of aromatic nitrogens is 1. The van der Waals surface area contributed by atoms with Gasteiger partial charge in [0.05, 0.1) is 26.9 Å². The number of nitrogens with one attached hydrogen (secondary N) is 1. The standard InChI is InChI=1S/C20H21NO4/c1-5-14-15-10-13(20(22)25-4)6-8-16(15)21-19(14)12-7-9-17(23-2)18(11-12)24-3/h6-11,21H,5H2,1-4H3. The van der Waals surface area contributed by atoms with Crippen LogP contribution in [0.1, 0.15) is 22.8 Å². The Hall–Kier alpha value is -2.95. The van der Waals surface area contributed by atoms with Gasteiger partial charge < -0.3 is 19.2 Å². The number of aromatic amines is 1. The van der Waals surface area contributed by atoms with Gasteiger partial charge in [-0.05, 0) is 48.4 Å². The average molecular weight is 339 g/mol. The van der Waals surface area contributed by atoms with Gasteiger partial charge in [0.15, 0.2) is 11.5 Å². The van der Waals surface area contributed by atoms with Crippen LogP contribution in [0.5, 0.6) is 11.5 Å². The van der Waals surface area contributed by atoms with Crippen LogP contribution in [0.2, 0.25) is 0 Å². The molecule has 0 aliphatic carbocycles. The Kier molecular flexibility index (Phi) is 4.65. The molecule has 130 valence electrons. The number of fused-ring (bicyclic) bond motifs is 1. The molecule has 0 spiro atoms. The summed E-state index contributed by atoms with van der Waals surface area (Å²) in [5.74, 6) is 1.03. The summed E-state index contributed by atoms with van der Waals surface area (Å²) >= 11 is 0. The van der Waals surface area contributed by atoms with Gasteiger partial charge in [-0.15, -0.1) is 0 Å². The van der Waals surface area contributed by atoms with E-state index in [9.17, 15) is 4.79 Å². The summed E-state index contributed by atoms with van der Waals surface area (Å²) in [5.41, 5.74) is 4.69. The highest BCUT2D eigenvalue weighted by Crippen LogP contribution is 2.36. The SMILES string of the molecule is CCc1c(-c2ccc(OC)c(OC)c2)[nH]c2ccc(C(=O)OC)cc12. The van der Waals surface area contributed by atoms with E-state index < -0.39 is 0 Å². The summed E-state index contributed by atoms with van der Waals surface area (Å²) in [4.78, 5) is 15.3. The molecule has 0 aliphatic rings. The van der Waals surface area contributed by atoms with E-state index in [-0.39, 0.29) is 5.97 Å². The number of H-pyrrole nitrogens is 1. The molecule has 2 aromatic carbocycles. The number of hydrogen-bond donors (Lipinski definition) is 1. The van der Waals surface area contributed by atoms with Gasteiger partial charge in [-0.3, -0.25) is 0 Å². The summed E-state index contributed by atoms with van der Waals surface area (Å²) < 4.78 is 15.5. The normalized spacial score (nSPS) is 10.7. The minimum atomic E-state index is -0.335. The van der Waals surface area contributed by atoms with Crippen LogP contribution in [0.4, 0.5) is 0 Å². The smallest absolute Gasteiger partial charge is 0.337 e. The maximum absolute atomic E-state index is 11.8. The molecule has 0 radical (unpaired) electrons. The Morgan fingerprint density at radius 1 is 1.00 bits per heavy atom. The molecule has 1 N–H and O–H groups in total. The quantitative estimate of drug-likeness (QED) is 0.708. The predicted molar refractivity (Wildman–Crippen MR) is 97.6 cm³/mol. The Bertz CT molecular complexity index is 927. The first kappa shape index (κ1) is 16.9. The minimum Gasteiger partial charge on any atom is -0.493 e. The van der Waals surface area contributed by atoms with Crippen LogP contribution in [-0.4, -0.2) is 32.3 Å². The average Bonchev–Trinajstić information content (AvgIpc) is 3.04. The number of hydrogen-bond acceptors (Lipinski definition) is 4. The number of aryl methyl sites for hydroxylation is 1. The third-order valence-electron chi connectivity index (χ3n) is 4.35.